The maximum atomic E-state index is 13.7. The first-order valence-corrected chi connectivity index (χ1v) is 8.44. The van der Waals surface area contributed by atoms with Gasteiger partial charge in [0.05, 0.1) is 16.3 Å². The molecule has 0 saturated heterocycles. The summed E-state index contributed by atoms with van der Waals surface area (Å²) < 4.78 is 26.8. The van der Waals surface area contributed by atoms with Gasteiger partial charge in [0.25, 0.3) is 0 Å². The highest BCUT2D eigenvalue weighted by Crippen LogP contribution is 2.22. The first-order chi connectivity index (χ1) is 12.0. The lowest BCUT2D eigenvalue weighted by Crippen LogP contribution is -2.14. The minimum Gasteiger partial charge on any atom is -0.325 e. The minimum absolute atomic E-state index is 0.0313. The van der Waals surface area contributed by atoms with E-state index in [0.717, 1.165) is 11.8 Å². The Morgan fingerprint density at radius 1 is 1.20 bits per heavy atom. The summed E-state index contributed by atoms with van der Waals surface area (Å²) in [5, 5.41) is 9.41. The Hall–Kier alpha value is -2.45. The number of carbonyl (C=O) groups is 1. The first kappa shape index (κ1) is 17.4. The lowest BCUT2D eigenvalue weighted by Gasteiger charge is -2.04. The van der Waals surface area contributed by atoms with Crippen LogP contribution in [0.2, 0.25) is 5.02 Å². The van der Waals surface area contributed by atoms with Crippen molar-refractivity contribution in [3.8, 4) is 11.4 Å². The number of aromatic nitrogens is 3. The molecule has 128 valence electrons. The van der Waals surface area contributed by atoms with Gasteiger partial charge in [0.1, 0.15) is 11.6 Å². The van der Waals surface area contributed by atoms with E-state index in [0.29, 0.717) is 16.4 Å². The summed E-state index contributed by atoms with van der Waals surface area (Å²) in [6.45, 7) is 0. The van der Waals surface area contributed by atoms with Gasteiger partial charge in [-0.3, -0.25) is 9.89 Å². The fourth-order valence-electron chi connectivity index (χ4n) is 1.99. The summed E-state index contributed by atoms with van der Waals surface area (Å²) in [7, 11) is 0. The molecule has 1 heterocycles. The van der Waals surface area contributed by atoms with Gasteiger partial charge in [0.15, 0.2) is 5.82 Å². The third-order valence-electron chi connectivity index (χ3n) is 3.13. The van der Waals surface area contributed by atoms with Gasteiger partial charge >= 0.3 is 0 Å². The van der Waals surface area contributed by atoms with E-state index in [1.165, 1.54) is 24.3 Å². The molecule has 1 amide bonds. The van der Waals surface area contributed by atoms with Gasteiger partial charge in [-0.05, 0) is 30.3 Å². The molecule has 9 heteroatoms. The number of amides is 1. The second-order valence-electron chi connectivity index (χ2n) is 4.91. The van der Waals surface area contributed by atoms with Crippen molar-refractivity contribution in [1.82, 2.24) is 15.2 Å². The molecule has 0 fully saturated rings. The van der Waals surface area contributed by atoms with Gasteiger partial charge in [-0.15, -0.1) is 5.10 Å². The van der Waals surface area contributed by atoms with Crippen molar-refractivity contribution >= 4 is 35.0 Å². The largest absolute Gasteiger partial charge is 0.325 e. The van der Waals surface area contributed by atoms with Crippen LogP contribution in [0.3, 0.4) is 0 Å². The Labute approximate surface area is 150 Å². The van der Waals surface area contributed by atoms with Crippen molar-refractivity contribution in [2.24, 2.45) is 0 Å². The summed E-state index contributed by atoms with van der Waals surface area (Å²) in [5.41, 5.74) is 0.686. The van der Waals surface area contributed by atoms with E-state index in [4.69, 9.17) is 11.6 Å². The second-order valence-corrected chi connectivity index (χ2v) is 6.26. The highest BCUT2D eigenvalue weighted by atomic mass is 35.5. The lowest BCUT2D eigenvalue weighted by atomic mass is 10.2. The molecule has 0 bridgehead atoms. The number of nitrogens with one attached hydrogen (secondary N) is 2. The molecule has 2 N–H and O–H groups in total. The zero-order valence-electron chi connectivity index (χ0n) is 12.6. The van der Waals surface area contributed by atoms with Crippen molar-refractivity contribution < 1.29 is 13.6 Å². The molecule has 25 heavy (non-hydrogen) atoms. The second kappa shape index (κ2) is 7.62. The summed E-state index contributed by atoms with van der Waals surface area (Å²) >= 11 is 6.74. The van der Waals surface area contributed by atoms with Crippen LogP contribution in [0.25, 0.3) is 11.4 Å². The van der Waals surface area contributed by atoms with Crippen LogP contribution in [0.15, 0.2) is 47.6 Å². The fourth-order valence-corrected chi connectivity index (χ4v) is 2.76. The predicted molar refractivity (Wildman–Crippen MR) is 92.5 cm³/mol. The predicted octanol–water partition coefficient (Wildman–Crippen LogP) is 4.13. The molecule has 0 radical (unpaired) electrons. The number of hydrogen-bond donors (Lipinski definition) is 2. The number of halogens is 3. The summed E-state index contributed by atoms with van der Waals surface area (Å²) in [4.78, 5) is 16.1. The number of hydrogen-bond acceptors (Lipinski definition) is 4. The SMILES string of the molecule is O=C(CSc1n[nH]c(-c2ccccc2F)n1)Nc1ccc(F)c(Cl)c1. The zero-order valence-corrected chi connectivity index (χ0v) is 14.2. The fraction of sp³-hybridized carbons (Fsp3) is 0.0625. The highest BCUT2D eigenvalue weighted by molar-refractivity contribution is 7.99. The standard InChI is InChI=1S/C16H11ClF2N4OS/c17-11-7-9(5-6-13(11)19)20-14(24)8-25-16-21-15(22-23-16)10-3-1-2-4-12(10)18/h1-7H,8H2,(H,20,24)(H,21,22,23). The Balaban J connectivity index is 1.59. The van der Waals surface area contributed by atoms with Crippen molar-refractivity contribution in [2.45, 2.75) is 5.16 Å². The third kappa shape index (κ3) is 4.34. The van der Waals surface area contributed by atoms with E-state index in [2.05, 4.69) is 20.5 Å². The molecule has 0 aliphatic rings. The number of nitrogens with zero attached hydrogens (tertiary/aromatic N) is 2. The summed E-state index contributed by atoms with van der Waals surface area (Å²) in [5.74, 6) is -0.989. The molecule has 3 rings (SSSR count). The monoisotopic (exact) mass is 380 g/mol. The Morgan fingerprint density at radius 3 is 2.76 bits per heavy atom. The summed E-state index contributed by atoms with van der Waals surface area (Å²) in [6, 6.07) is 10.1. The molecule has 3 aromatic rings. The number of benzene rings is 2. The van der Waals surface area contributed by atoms with Crippen molar-refractivity contribution in [3.05, 3.63) is 59.1 Å². The van der Waals surface area contributed by atoms with E-state index in [1.807, 2.05) is 0 Å². The van der Waals surface area contributed by atoms with Gasteiger partial charge in [-0.1, -0.05) is 35.5 Å². The average molecular weight is 381 g/mol. The van der Waals surface area contributed by atoms with Gasteiger partial charge in [0, 0.05) is 5.69 Å². The molecular weight excluding hydrogens is 370 g/mol. The lowest BCUT2D eigenvalue weighted by molar-refractivity contribution is -0.113. The first-order valence-electron chi connectivity index (χ1n) is 7.08. The third-order valence-corrected chi connectivity index (χ3v) is 4.27. The molecular formula is C16H11ClF2N4OS. The molecule has 1 aromatic heterocycles. The quantitative estimate of drug-likeness (QED) is 0.653. The van der Waals surface area contributed by atoms with E-state index in [1.54, 1.807) is 18.2 Å². The van der Waals surface area contributed by atoms with Crippen LogP contribution in [0.5, 0.6) is 0 Å². The smallest absolute Gasteiger partial charge is 0.234 e. The van der Waals surface area contributed by atoms with Gasteiger partial charge in [-0.2, -0.15) is 0 Å². The zero-order chi connectivity index (χ0) is 17.8. The van der Waals surface area contributed by atoms with Gasteiger partial charge in [-0.25, -0.2) is 13.8 Å². The van der Waals surface area contributed by atoms with Crippen molar-refractivity contribution in [1.29, 1.82) is 0 Å². The summed E-state index contributed by atoms with van der Waals surface area (Å²) in [6.07, 6.45) is 0. The number of anilines is 1. The van der Waals surface area contributed by atoms with Crippen LogP contribution in [-0.4, -0.2) is 26.8 Å². The van der Waals surface area contributed by atoms with Crippen LogP contribution < -0.4 is 5.32 Å². The van der Waals surface area contributed by atoms with Crippen molar-refractivity contribution in [2.75, 3.05) is 11.1 Å². The minimum atomic E-state index is -0.560. The van der Waals surface area contributed by atoms with Crippen LogP contribution in [0.4, 0.5) is 14.5 Å². The Morgan fingerprint density at radius 2 is 2.00 bits per heavy atom. The molecule has 0 aliphatic carbocycles. The van der Waals surface area contributed by atoms with E-state index in [-0.39, 0.29) is 22.5 Å². The Kier molecular flexibility index (Phi) is 5.30. The van der Waals surface area contributed by atoms with E-state index in [9.17, 15) is 13.6 Å². The number of aromatic amines is 1. The molecule has 5 nitrogen and oxygen atoms in total. The number of rotatable bonds is 5. The normalized spacial score (nSPS) is 10.7. The van der Waals surface area contributed by atoms with Crippen LogP contribution in [0.1, 0.15) is 0 Å². The maximum absolute atomic E-state index is 13.7. The van der Waals surface area contributed by atoms with Gasteiger partial charge in [0.2, 0.25) is 11.1 Å². The number of H-pyrrole nitrogens is 1. The van der Waals surface area contributed by atoms with Crippen LogP contribution in [0, 0.1) is 11.6 Å². The number of carbonyl (C=O) groups excluding carboxylic acids is 1. The molecule has 0 aliphatic heterocycles. The Bertz CT molecular complexity index is 919. The van der Waals surface area contributed by atoms with Crippen molar-refractivity contribution in [3.63, 3.8) is 0 Å². The maximum Gasteiger partial charge on any atom is 0.234 e. The molecule has 0 unspecified atom stereocenters. The average Bonchev–Trinajstić information content (AvgIpc) is 3.05. The van der Waals surface area contributed by atoms with E-state index < -0.39 is 11.6 Å². The molecule has 0 saturated carbocycles. The molecule has 0 atom stereocenters. The topological polar surface area (TPSA) is 70.7 Å². The highest BCUT2D eigenvalue weighted by Gasteiger charge is 2.12. The number of thioether (sulfide) groups is 1. The van der Waals surface area contributed by atoms with Gasteiger partial charge < -0.3 is 5.32 Å². The van der Waals surface area contributed by atoms with Crippen LogP contribution in [-0.2, 0) is 4.79 Å². The molecule has 2 aromatic carbocycles. The van der Waals surface area contributed by atoms with E-state index >= 15 is 0 Å². The molecule has 0 spiro atoms. The van der Waals surface area contributed by atoms with Crippen LogP contribution >= 0.6 is 23.4 Å².